The van der Waals surface area contributed by atoms with Crippen LogP contribution in [0.5, 0.6) is 0 Å². The number of halogens is 1. The predicted molar refractivity (Wildman–Crippen MR) is 94.7 cm³/mol. The zero-order valence-corrected chi connectivity index (χ0v) is 14.6. The summed E-state index contributed by atoms with van der Waals surface area (Å²) in [6.07, 6.45) is 4.62. The summed E-state index contributed by atoms with van der Waals surface area (Å²) in [5.74, 6) is 1.77. The number of piperazine rings is 1. The minimum atomic E-state index is 0.499. The second-order valence-corrected chi connectivity index (χ2v) is 7.23. The molecule has 5 rings (SSSR count). The van der Waals surface area contributed by atoms with Crippen LogP contribution in [0, 0.1) is 6.92 Å². The van der Waals surface area contributed by atoms with Gasteiger partial charge in [-0.3, -0.25) is 4.90 Å². The number of nitrogens with zero attached hydrogens (tertiary/aromatic N) is 7. The average molecular weight is 356 g/mol. The Morgan fingerprint density at radius 2 is 2.12 bits per heavy atom. The van der Waals surface area contributed by atoms with Crippen molar-refractivity contribution >= 4 is 23.2 Å². The SMILES string of the molecule is Cc1cc(N2CC3CC2CN3Cc2ccc(Cl)nc2)n2ncnc2n1. The van der Waals surface area contributed by atoms with Crippen molar-refractivity contribution in [1.82, 2.24) is 29.5 Å². The van der Waals surface area contributed by atoms with Crippen LogP contribution < -0.4 is 4.90 Å². The number of anilines is 1. The highest BCUT2D eigenvalue weighted by atomic mass is 35.5. The van der Waals surface area contributed by atoms with Crippen LogP contribution >= 0.6 is 11.6 Å². The van der Waals surface area contributed by atoms with Gasteiger partial charge >= 0.3 is 0 Å². The normalized spacial score (nSPS) is 23.0. The van der Waals surface area contributed by atoms with Gasteiger partial charge < -0.3 is 4.90 Å². The summed E-state index contributed by atoms with van der Waals surface area (Å²) >= 11 is 5.88. The molecule has 7 nitrogen and oxygen atoms in total. The number of aromatic nitrogens is 5. The van der Waals surface area contributed by atoms with E-state index < -0.39 is 0 Å². The monoisotopic (exact) mass is 355 g/mol. The number of rotatable bonds is 3. The van der Waals surface area contributed by atoms with E-state index in [0.717, 1.165) is 31.1 Å². The van der Waals surface area contributed by atoms with Crippen molar-refractivity contribution in [2.45, 2.75) is 32.0 Å². The molecule has 0 spiro atoms. The first-order valence-corrected chi connectivity index (χ1v) is 8.84. The molecule has 0 amide bonds. The van der Waals surface area contributed by atoms with Crippen LogP contribution in [0.2, 0.25) is 5.15 Å². The minimum Gasteiger partial charge on any atom is -0.350 e. The van der Waals surface area contributed by atoms with Gasteiger partial charge in [-0.25, -0.2) is 9.97 Å². The Bertz CT molecular complexity index is 922. The lowest BCUT2D eigenvalue weighted by Crippen LogP contribution is -2.46. The number of fused-ring (bicyclic) bond motifs is 3. The average Bonchev–Trinajstić information content (AvgIpc) is 3.31. The van der Waals surface area contributed by atoms with E-state index >= 15 is 0 Å². The molecule has 2 atom stereocenters. The van der Waals surface area contributed by atoms with Crippen LogP contribution in [0.15, 0.2) is 30.7 Å². The quantitative estimate of drug-likeness (QED) is 0.669. The molecular weight excluding hydrogens is 338 g/mol. The van der Waals surface area contributed by atoms with Gasteiger partial charge in [0.25, 0.3) is 5.78 Å². The molecule has 2 fully saturated rings. The Balaban J connectivity index is 1.37. The van der Waals surface area contributed by atoms with Gasteiger partial charge in [0.05, 0.1) is 0 Å². The molecule has 25 heavy (non-hydrogen) atoms. The lowest BCUT2D eigenvalue weighted by Gasteiger charge is -2.35. The van der Waals surface area contributed by atoms with Crippen LogP contribution in [-0.2, 0) is 6.54 Å². The zero-order chi connectivity index (χ0) is 17.0. The van der Waals surface area contributed by atoms with E-state index in [4.69, 9.17) is 11.6 Å². The topological polar surface area (TPSA) is 62.5 Å². The standard InChI is InChI=1S/C17H18ClN7/c1-11-4-16(25-17(22-11)20-10-21-25)24-9-13-5-14(24)8-23(13)7-12-2-3-15(18)19-6-12/h2-4,6,10,13-14H,5,7-9H2,1H3. The molecule has 2 aliphatic rings. The van der Waals surface area contributed by atoms with Gasteiger partial charge in [0.1, 0.15) is 17.3 Å². The summed E-state index contributed by atoms with van der Waals surface area (Å²) in [4.78, 5) is 17.9. The second-order valence-electron chi connectivity index (χ2n) is 6.84. The molecule has 3 aromatic rings. The molecule has 0 N–H and O–H groups in total. The molecule has 2 unspecified atom stereocenters. The summed E-state index contributed by atoms with van der Waals surface area (Å²) in [6, 6.07) is 7.07. The van der Waals surface area contributed by atoms with Crippen molar-refractivity contribution in [3.05, 3.63) is 47.1 Å². The van der Waals surface area contributed by atoms with Crippen molar-refractivity contribution in [2.24, 2.45) is 0 Å². The van der Waals surface area contributed by atoms with Gasteiger partial charge in [-0.15, -0.1) is 0 Å². The number of hydrogen-bond acceptors (Lipinski definition) is 6. The van der Waals surface area contributed by atoms with Crippen LogP contribution in [-0.4, -0.2) is 54.6 Å². The highest BCUT2D eigenvalue weighted by Crippen LogP contribution is 2.35. The highest BCUT2D eigenvalue weighted by Gasteiger charge is 2.44. The van der Waals surface area contributed by atoms with Gasteiger partial charge in [-0.05, 0) is 25.0 Å². The third-order valence-electron chi connectivity index (χ3n) is 5.18. The Morgan fingerprint density at radius 3 is 2.88 bits per heavy atom. The lowest BCUT2D eigenvalue weighted by atomic mass is 10.2. The summed E-state index contributed by atoms with van der Waals surface area (Å²) in [5.41, 5.74) is 2.18. The zero-order valence-electron chi connectivity index (χ0n) is 13.9. The molecule has 3 aromatic heterocycles. The van der Waals surface area contributed by atoms with E-state index in [1.807, 2.05) is 23.7 Å². The molecule has 0 aromatic carbocycles. The van der Waals surface area contributed by atoms with Crippen LogP contribution in [0.3, 0.4) is 0 Å². The number of hydrogen-bond donors (Lipinski definition) is 0. The molecule has 128 valence electrons. The van der Waals surface area contributed by atoms with E-state index in [0.29, 0.717) is 23.0 Å². The number of likely N-dealkylation sites (tertiary alicyclic amines) is 1. The summed E-state index contributed by atoms with van der Waals surface area (Å²) in [7, 11) is 0. The van der Waals surface area contributed by atoms with E-state index in [9.17, 15) is 0 Å². The third kappa shape index (κ3) is 2.54. The molecule has 2 aliphatic heterocycles. The maximum absolute atomic E-state index is 5.88. The van der Waals surface area contributed by atoms with E-state index in [2.05, 4.69) is 42.0 Å². The molecule has 2 bridgehead atoms. The molecule has 8 heteroatoms. The van der Waals surface area contributed by atoms with Gasteiger partial charge in [0.2, 0.25) is 0 Å². The Kier molecular flexibility index (Phi) is 3.39. The fourth-order valence-electron chi connectivity index (χ4n) is 4.07. The van der Waals surface area contributed by atoms with Gasteiger partial charge in [0, 0.05) is 49.7 Å². The van der Waals surface area contributed by atoms with E-state index in [1.54, 1.807) is 6.33 Å². The smallest absolute Gasteiger partial charge is 0.254 e. The largest absolute Gasteiger partial charge is 0.350 e. The van der Waals surface area contributed by atoms with E-state index in [-0.39, 0.29) is 0 Å². The van der Waals surface area contributed by atoms with Crippen LogP contribution in [0.25, 0.3) is 5.78 Å². The predicted octanol–water partition coefficient (Wildman–Crippen LogP) is 1.94. The molecule has 2 saturated heterocycles. The molecular formula is C17H18ClN7. The minimum absolute atomic E-state index is 0.499. The second kappa shape index (κ2) is 5.64. The first kappa shape index (κ1) is 15.0. The Labute approximate surface area is 150 Å². The fourth-order valence-corrected chi connectivity index (χ4v) is 4.19. The third-order valence-corrected chi connectivity index (χ3v) is 5.41. The first-order chi connectivity index (χ1) is 12.2. The highest BCUT2D eigenvalue weighted by molar-refractivity contribution is 6.29. The van der Waals surface area contributed by atoms with Gasteiger partial charge in [0.15, 0.2) is 0 Å². The summed E-state index contributed by atoms with van der Waals surface area (Å²) < 4.78 is 1.85. The van der Waals surface area contributed by atoms with E-state index in [1.165, 1.54) is 12.0 Å². The van der Waals surface area contributed by atoms with Gasteiger partial charge in [-0.2, -0.15) is 14.6 Å². The molecule has 5 heterocycles. The van der Waals surface area contributed by atoms with Crippen molar-refractivity contribution in [1.29, 1.82) is 0 Å². The van der Waals surface area contributed by atoms with Crippen molar-refractivity contribution in [2.75, 3.05) is 18.0 Å². The van der Waals surface area contributed by atoms with Crippen LogP contribution in [0.4, 0.5) is 5.82 Å². The van der Waals surface area contributed by atoms with Gasteiger partial charge in [-0.1, -0.05) is 17.7 Å². The maximum Gasteiger partial charge on any atom is 0.254 e. The number of aryl methyl sites for hydroxylation is 1. The fraction of sp³-hybridized carbons (Fsp3) is 0.412. The molecule has 0 saturated carbocycles. The Morgan fingerprint density at radius 1 is 1.20 bits per heavy atom. The van der Waals surface area contributed by atoms with Crippen molar-refractivity contribution in [3.8, 4) is 0 Å². The molecule has 0 radical (unpaired) electrons. The Hall–Kier alpha value is -2.25. The summed E-state index contributed by atoms with van der Waals surface area (Å²) in [6.45, 7) is 4.98. The summed E-state index contributed by atoms with van der Waals surface area (Å²) in [5, 5.41) is 4.89. The number of pyridine rings is 1. The van der Waals surface area contributed by atoms with Crippen molar-refractivity contribution < 1.29 is 0 Å². The maximum atomic E-state index is 5.88. The van der Waals surface area contributed by atoms with Crippen LogP contribution in [0.1, 0.15) is 17.7 Å². The lowest BCUT2D eigenvalue weighted by molar-refractivity contribution is 0.229. The van der Waals surface area contributed by atoms with Crippen molar-refractivity contribution in [3.63, 3.8) is 0 Å². The molecule has 0 aliphatic carbocycles. The first-order valence-electron chi connectivity index (χ1n) is 8.46.